The molecule has 1 aromatic rings. The largest absolute Gasteiger partial charge is 0.377 e. The van der Waals surface area contributed by atoms with E-state index in [4.69, 9.17) is 10.6 Å². The molecule has 1 saturated heterocycles. The van der Waals surface area contributed by atoms with Gasteiger partial charge in [-0.05, 0) is 31.2 Å². The van der Waals surface area contributed by atoms with Crippen LogP contribution in [-0.4, -0.2) is 18.8 Å². The fraction of sp³-hybridized carbons (Fsp3) is 0.538. The molecule has 2 unspecified atom stereocenters. The van der Waals surface area contributed by atoms with Crippen LogP contribution < -0.4 is 11.3 Å². The van der Waals surface area contributed by atoms with E-state index in [9.17, 15) is 0 Å². The molecule has 0 radical (unpaired) electrons. The molecule has 0 bridgehead atoms. The first kappa shape index (κ1) is 11.6. The molecule has 1 heterocycles. The van der Waals surface area contributed by atoms with Crippen molar-refractivity contribution in [1.82, 2.24) is 5.43 Å². The number of benzene rings is 1. The molecule has 0 aliphatic carbocycles. The van der Waals surface area contributed by atoms with Crippen LogP contribution in [0.2, 0.25) is 0 Å². The van der Waals surface area contributed by atoms with Crippen LogP contribution in [0.5, 0.6) is 0 Å². The number of hydrogen-bond acceptors (Lipinski definition) is 3. The zero-order valence-electron chi connectivity index (χ0n) is 9.56. The highest BCUT2D eigenvalue weighted by molar-refractivity contribution is 5.14. The van der Waals surface area contributed by atoms with E-state index in [1.54, 1.807) is 0 Å². The van der Waals surface area contributed by atoms with E-state index in [-0.39, 0.29) is 6.04 Å². The zero-order chi connectivity index (χ0) is 11.2. The predicted octanol–water partition coefficient (Wildman–Crippen LogP) is 1.63. The van der Waals surface area contributed by atoms with Gasteiger partial charge in [-0.25, -0.2) is 0 Å². The lowest BCUT2D eigenvalue weighted by Crippen LogP contribution is -2.44. The van der Waals surface area contributed by atoms with Crippen LogP contribution in [0.15, 0.2) is 30.3 Å². The summed E-state index contributed by atoms with van der Waals surface area (Å²) in [6.07, 6.45) is 4.67. The number of hydrogen-bond donors (Lipinski definition) is 2. The molecule has 0 aromatic heterocycles. The van der Waals surface area contributed by atoms with Crippen molar-refractivity contribution in [3.05, 3.63) is 35.9 Å². The average Bonchev–Trinajstić information content (AvgIpc) is 2.85. The minimum absolute atomic E-state index is 0.280. The van der Waals surface area contributed by atoms with Crippen LogP contribution in [0.1, 0.15) is 24.8 Å². The van der Waals surface area contributed by atoms with E-state index in [0.717, 1.165) is 32.3 Å². The highest BCUT2D eigenvalue weighted by Crippen LogP contribution is 2.18. The normalized spacial score (nSPS) is 22.2. The van der Waals surface area contributed by atoms with Gasteiger partial charge in [-0.2, -0.15) is 0 Å². The molecule has 1 fully saturated rings. The summed E-state index contributed by atoms with van der Waals surface area (Å²) in [7, 11) is 0. The Morgan fingerprint density at radius 2 is 2.19 bits per heavy atom. The van der Waals surface area contributed by atoms with E-state index in [1.165, 1.54) is 5.56 Å². The molecule has 3 N–H and O–H groups in total. The van der Waals surface area contributed by atoms with Crippen LogP contribution in [0.3, 0.4) is 0 Å². The Balaban J connectivity index is 1.83. The molecule has 1 aliphatic rings. The zero-order valence-corrected chi connectivity index (χ0v) is 9.56. The van der Waals surface area contributed by atoms with E-state index >= 15 is 0 Å². The summed E-state index contributed by atoms with van der Waals surface area (Å²) in [5.74, 6) is 5.59. The lowest BCUT2D eigenvalue weighted by atomic mass is 10.00. The fourth-order valence-corrected chi connectivity index (χ4v) is 2.26. The monoisotopic (exact) mass is 220 g/mol. The van der Waals surface area contributed by atoms with Gasteiger partial charge in [0.05, 0.1) is 6.10 Å². The van der Waals surface area contributed by atoms with Crippen molar-refractivity contribution < 1.29 is 4.74 Å². The number of nitrogens with one attached hydrogen (secondary N) is 1. The predicted molar refractivity (Wildman–Crippen MR) is 64.8 cm³/mol. The number of nitrogens with two attached hydrogens (primary N) is 1. The molecule has 3 heteroatoms. The van der Waals surface area contributed by atoms with Crippen LogP contribution in [0.4, 0.5) is 0 Å². The van der Waals surface area contributed by atoms with E-state index in [0.29, 0.717) is 6.10 Å². The van der Waals surface area contributed by atoms with Crippen LogP contribution in [0, 0.1) is 0 Å². The first-order valence-corrected chi connectivity index (χ1v) is 6.02. The van der Waals surface area contributed by atoms with Gasteiger partial charge in [0, 0.05) is 12.6 Å². The summed E-state index contributed by atoms with van der Waals surface area (Å²) < 4.78 is 5.65. The Bertz CT molecular complexity index is 296. The quantitative estimate of drug-likeness (QED) is 0.585. The number of rotatable bonds is 5. The number of aryl methyl sites for hydroxylation is 1. The second-order valence-electron chi connectivity index (χ2n) is 4.35. The van der Waals surface area contributed by atoms with Gasteiger partial charge in [-0.3, -0.25) is 11.3 Å². The van der Waals surface area contributed by atoms with Crippen molar-refractivity contribution in [2.45, 2.75) is 37.8 Å². The molecule has 0 spiro atoms. The lowest BCUT2D eigenvalue weighted by molar-refractivity contribution is 0.0757. The van der Waals surface area contributed by atoms with E-state index < -0.39 is 0 Å². The van der Waals surface area contributed by atoms with E-state index in [1.807, 2.05) is 6.07 Å². The molecule has 16 heavy (non-hydrogen) atoms. The molecule has 2 rings (SSSR count). The van der Waals surface area contributed by atoms with Crippen molar-refractivity contribution in [3.63, 3.8) is 0 Å². The summed E-state index contributed by atoms with van der Waals surface area (Å²) >= 11 is 0. The van der Waals surface area contributed by atoms with Gasteiger partial charge >= 0.3 is 0 Å². The minimum Gasteiger partial charge on any atom is -0.377 e. The molecule has 1 aromatic carbocycles. The summed E-state index contributed by atoms with van der Waals surface area (Å²) in [5.41, 5.74) is 4.25. The Labute approximate surface area is 97.0 Å². The average molecular weight is 220 g/mol. The van der Waals surface area contributed by atoms with Gasteiger partial charge in [0.15, 0.2) is 0 Å². The van der Waals surface area contributed by atoms with Crippen molar-refractivity contribution in [3.8, 4) is 0 Å². The lowest BCUT2D eigenvalue weighted by Gasteiger charge is -2.21. The third-order valence-electron chi connectivity index (χ3n) is 3.21. The molecule has 0 saturated carbocycles. The molecule has 3 nitrogen and oxygen atoms in total. The molecule has 1 aliphatic heterocycles. The maximum Gasteiger partial charge on any atom is 0.0742 e. The number of hydrazine groups is 1. The molecule has 2 atom stereocenters. The second kappa shape index (κ2) is 5.99. The second-order valence-corrected chi connectivity index (χ2v) is 4.35. The molecular weight excluding hydrogens is 200 g/mol. The Morgan fingerprint density at radius 3 is 2.81 bits per heavy atom. The van der Waals surface area contributed by atoms with Gasteiger partial charge in [-0.15, -0.1) is 0 Å². The summed E-state index contributed by atoms with van der Waals surface area (Å²) in [6.45, 7) is 0.883. The van der Waals surface area contributed by atoms with Crippen LogP contribution >= 0.6 is 0 Å². The SMILES string of the molecule is NNC(CCc1ccccc1)C1CCCO1. The third-order valence-corrected chi connectivity index (χ3v) is 3.21. The Morgan fingerprint density at radius 1 is 1.38 bits per heavy atom. The van der Waals surface area contributed by atoms with Crippen LogP contribution in [0.25, 0.3) is 0 Å². The van der Waals surface area contributed by atoms with Gasteiger partial charge in [0.2, 0.25) is 0 Å². The molecular formula is C13H20N2O. The molecule has 0 amide bonds. The Hall–Kier alpha value is -0.900. The van der Waals surface area contributed by atoms with E-state index in [2.05, 4.69) is 29.7 Å². The third kappa shape index (κ3) is 3.04. The first-order chi connectivity index (χ1) is 7.90. The highest BCUT2D eigenvalue weighted by atomic mass is 16.5. The molecule has 88 valence electrons. The number of ether oxygens (including phenoxy) is 1. The standard InChI is InChI=1S/C13H20N2O/c14-15-12(13-7-4-10-16-13)9-8-11-5-2-1-3-6-11/h1-3,5-6,12-13,15H,4,7-10,14H2. The van der Waals surface area contributed by atoms with Crippen molar-refractivity contribution >= 4 is 0 Å². The van der Waals surface area contributed by atoms with Crippen LogP contribution in [-0.2, 0) is 11.2 Å². The summed E-state index contributed by atoms with van der Waals surface area (Å²) in [4.78, 5) is 0. The first-order valence-electron chi connectivity index (χ1n) is 6.02. The van der Waals surface area contributed by atoms with Crippen molar-refractivity contribution in [2.75, 3.05) is 6.61 Å². The van der Waals surface area contributed by atoms with Crippen molar-refractivity contribution in [1.29, 1.82) is 0 Å². The summed E-state index contributed by atoms with van der Waals surface area (Å²) in [6, 6.07) is 10.8. The van der Waals surface area contributed by atoms with Gasteiger partial charge < -0.3 is 4.74 Å². The Kier molecular flexibility index (Phi) is 4.34. The smallest absolute Gasteiger partial charge is 0.0742 e. The topological polar surface area (TPSA) is 47.3 Å². The van der Waals surface area contributed by atoms with Crippen molar-refractivity contribution in [2.24, 2.45) is 5.84 Å². The maximum atomic E-state index is 5.65. The minimum atomic E-state index is 0.280. The highest BCUT2D eigenvalue weighted by Gasteiger charge is 2.24. The van der Waals surface area contributed by atoms with Gasteiger partial charge in [0.25, 0.3) is 0 Å². The fourth-order valence-electron chi connectivity index (χ4n) is 2.26. The maximum absolute atomic E-state index is 5.65. The van der Waals surface area contributed by atoms with Gasteiger partial charge in [0.1, 0.15) is 0 Å². The van der Waals surface area contributed by atoms with Gasteiger partial charge in [-0.1, -0.05) is 30.3 Å². The summed E-state index contributed by atoms with van der Waals surface area (Å²) in [5, 5.41) is 0.